The fourth-order valence-corrected chi connectivity index (χ4v) is 2.21. The first-order valence-corrected chi connectivity index (χ1v) is 6.23. The molecule has 0 spiro atoms. The van der Waals surface area contributed by atoms with Crippen molar-refractivity contribution in [2.24, 2.45) is 0 Å². The van der Waals surface area contributed by atoms with Gasteiger partial charge in [0.15, 0.2) is 5.60 Å². The molecule has 0 radical (unpaired) electrons. The highest BCUT2D eigenvalue weighted by atomic mass is 19.4. The smallest absolute Gasteiger partial charge is 0.380 e. The SMILES string of the molecule is Cc1ccc(CN2CCC(O)(C(F)(F)F)CC2)cn1. The Hall–Kier alpha value is -1.14. The van der Waals surface area contributed by atoms with Gasteiger partial charge in [-0.1, -0.05) is 6.07 Å². The molecule has 1 N–H and O–H groups in total. The summed E-state index contributed by atoms with van der Waals surface area (Å²) in [5.41, 5.74) is -0.633. The molecule has 1 fully saturated rings. The van der Waals surface area contributed by atoms with E-state index in [1.165, 1.54) is 0 Å². The summed E-state index contributed by atoms with van der Waals surface area (Å²) in [5.74, 6) is 0. The highest BCUT2D eigenvalue weighted by Gasteiger charge is 2.54. The molecule has 0 aromatic carbocycles. The molecular weight excluding hydrogens is 257 g/mol. The zero-order chi connectivity index (χ0) is 14.1. The zero-order valence-electron chi connectivity index (χ0n) is 10.7. The summed E-state index contributed by atoms with van der Waals surface area (Å²) >= 11 is 0. The molecule has 0 aliphatic carbocycles. The van der Waals surface area contributed by atoms with E-state index in [-0.39, 0.29) is 25.9 Å². The Morgan fingerprint density at radius 2 is 1.95 bits per heavy atom. The van der Waals surface area contributed by atoms with Crippen molar-refractivity contribution in [3.05, 3.63) is 29.6 Å². The van der Waals surface area contributed by atoms with Crippen molar-refractivity contribution < 1.29 is 18.3 Å². The molecule has 106 valence electrons. The molecule has 1 saturated heterocycles. The van der Waals surface area contributed by atoms with E-state index in [1.54, 1.807) is 6.20 Å². The van der Waals surface area contributed by atoms with E-state index >= 15 is 0 Å². The predicted octanol–water partition coefficient (Wildman–Crippen LogP) is 2.28. The molecule has 0 unspecified atom stereocenters. The second-order valence-electron chi connectivity index (χ2n) is 5.11. The number of aromatic nitrogens is 1. The Morgan fingerprint density at radius 1 is 1.32 bits per heavy atom. The molecule has 1 aliphatic heterocycles. The van der Waals surface area contributed by atoms with E-state index in [1.807, 2.05) is 24.0 Å². The van der Waals surface area contributed by atoms with Gasteiger partial charge in [0.25, 0.3) is 0 Å². The largest absolute Gasteiger partial charge is 0.417 e. The van der Waals surface area contributed by atoms with E-state index < -0.39 is 11.8 Å². The van der Waals surface area contributed by atoms with Crippen molar-refractivity contribution in [2.45, 2.75) is 38.1 Å². The lowest BCUT2D eigenvalue weighted by molar-refractivity contribution is -0.272. The van der Waals surface area contributed by atoms with Crippen molar-refractivity contribution >= 4 is 0 Å². The molecule has 1 aliphatic rings. The summed E-state index contributed by atoms with van der Waals surface area (Å²) < 4.78 is 37.9. The van der Waals surface area contributed by atoms with Gasteiger partial charge in [-0.15, -0.1) is 0 Å². The molecule has 0 atom stereocenters. The van der Waals surface area contributed by atoms with Gasteiger partial charge in [0.2, 0.25) is 0 Å². The highest BCUT2D eigenvalue weighted by molar-refractivity contribution is 5.13. The van der Waals surface area contributed by atoms with Gasteiger partial charge in [-0.3, -0.25) is 9.88 Å². The van der Waals surface area contributed by atoms with Crippen LogP contribution in [0.25, 0.3) is 0 Å². The molecule has 1 aromatic heterocycles. The molecule has 2 heterocycles. The number of hydrogen-bond acceptors (Lipinski definition) is 3. The first kappa shape index (κ1) is 14.3. The van der Waals surface area contributed by atoms with Crippen LogP contribution in [0.3, 0.4) is 0 Å². The van der Waals surface area contributed by atoms with Gasteiger partial charge < -0.3 is 5.11 Å². The van der Waals surface area contributed by atoms with E-state index in [0.29, 0.717) is 6.54 Å². The lowest BCUT2D eigenvalue weighted by Crippen LogP contribution is -2.53. The van der Waals surface area contributed by atoms with Crippen LogP contribution in [-0.4, -0.2) is 39.9 Å². The topological polar surface area (TPSA) is 36.4 Å². The second kappa shape index (κ2) is 5.09. The van der Waals surface area contributed by atoms with Crippen molar-refractivity contribution in [1.82, 2.24) is 9.88 Å². The summed E-state index contributed by atoms with van der Waals surface area (Å²) in [5, 5.41) is 9.56. The molecule has 0 amide bonds. The molecule has 3 nitrogen and oxygen atoms in total. The number of hydrogen-bond donors (Lipinski definition) is 1. The highest BCUT2D eigenvalue weighted by Crippen LogP contribution is 2.38. The van der Waals surface area contributed by atoms with E-state index in [2.05, 4.69) is 4.98 Å². The third-order valence-electron chi connectivity index (χ3n) is 3.59. The first-order valence-electron chi connectivity index (χ1n) is 6.23. The van der Waals surface area contributed by atoms with Crippen LogP contribution in [0.2, 0.25) is 0 Å². The Morgan fingerprint density at radius 3 is 2.42 bits per heavy atom. The number of piperidine rings is 1. The number of halogens is 3. The standard InChI is InChI=1S/C13H17F3N2O/c1-10-2-3-11(8-17-10)9-18-6-4-12(19,5-7-18)13(14,15)16/h2-3,8,19H,4-7,9H2,1H3. The van der Waals surface area contributed by atoms with Gasteiger partial charge in [0, 0.05) is 31.5 Å². The van der Waals surface area contributed by atoms with Crippen LogP contribution in [0.1, 0.15) is 24.1 Å². The Bertz CT molecular complexity index is 423. The van der Waals surface area contributed by atoms with Crippen LogP contribution in [0, 0.1) is 6.92 Å². The molecular formula is C13H17F3N2O. The maximum Gasteiger partial charge on any atom is 0.417 e. The average molecular weight is 274 g/mol. The van der Waals surface area contributed by atoms with Crippen molar-refractivity contribution in [3.63, 3.8) is 0 Å². The fourth-order valence-electron chi connectivity index (χ4n) is 2.21. The number of rotatable bonds is 2. The number of nitrogens with zero attached hydrogens (tertiary/aromatic N) is 2. The van der Waals surface area contributed by atoms with Crippen LogP contribution < -0.4 is 0 Å². The fraction of sp³-hybridized carbons (Fsp3) is 0.615. The van der Waals surface area contributed by atoms with Crippen LogP contribution in [-0.2, 0) is 6.54 Å². The second-order valence-corrected chi connectivity index (χ2v) is 5.11. The summed E-state index contributed by atoms with van der Waals surface area (Å²) in [4.78, 5) is 6.07. The summed E-state index contributed by atoms with van der Waals surface area (Å²) in [6.45, 7) is 2.93. The van der Waals surface area contributed by atoms with Crippen LogP contribution in [0.15, 0.2) is 18.3 Å². The normalized spacial score (nSPS) is 20.5. The lowest BCUT2D eigenvalue weighted by Gasteiger charge is -2.39. The van der Waals surface area contributed by atoms with Gasteiger partial charge >= 0.3 is 6.18 Å². The Balaban J connectivity index is 1.92. The van der Waals surface area contributed by atoms with Gasteiger partial charge in [-0.2, -0.15) is 13.2 Å². The average Bonchev–Trinajstić information content (AvgIpc) is 2.34. The predicted molar refractivity (Wildman–Crippen MR) is 64.5 cm³/mol. The maximum absolute atomic E-state index is 12.6. The van der Waals surface area contributed by atoms with Crippen LogP contribution in [0.5, 0.6) is 0 Å². The molecule has 1 aromatic rings. The number of aliphatic hydroxyl groups is 1. The Labute approximate surface area is 110 Å². The third kappa shape index (κ3) is 3.25. The number of alkyl halides is 3. The van der Waals surface area contributed by atoms with Crippen molar-refractivity contribution in [3.8, 4) is 0 Å². The molecule has 6 heteroatoms. The summed E-state index contributed by atoms with van der Waals surface area (Å²) in [6.07, 6.45) is -3.34. The lowest BCUT2D eigenvalue weighted by atomic mass is 9.90. The minimum absolute atomic E-state index is 0.240. The van der Waals surface area contributed by atoms with Gasteiger partial charge in [0.1, 0.15) is 0 Å². The van der Waals surface area contributed by atoms with E-state index in [9.17, 15) is 18.3 Å². The molecule has 2 rings (SSSR count). The first-order chi connectivity index (χ1) is 8.80. The minimum Gasteiger partial charge on any atom is -0.380 e. The quantitative estimate of drug-likeness (QED) is 0.899. The summed E-state index contributed by atoms with van der Waals surface area (Å²) in [7, 11) is 0. The van der Waals surface area contributed by atoms with Gasteiger partial charge in [-0.25, -0.2) is 0 Å². The van der Waals surface area contributed by atoms with Crippen molar-refractivity contribution in [1.29, 1.82) is 0 Å². The van der Waals surface area contributed by atoms with Crippen molar-refractivity contribution in [2.75, 3.05) is 13.1 Å². The maximum atomic E-state index is 12.6. The van der Waals surface area contributed by atoms with E-state index in [4.69, 9.17) is 0 Å². The van der Waals surface area contributed by atoms with E-state index in [0.717, 1.165) is 11.3 Å². The number of aryl methyl sites for hydroxylation is 1. The molecule has 0 saturated carbocycles. The Kier molecular flexibility index (Phi) is 3.82. The van der Waals surface area contributed by atoms with Crippen LogP contribution in [0.4, 0.5) is 13.2 Å². The number of likely N-dealkylation sites (tertiary alicyclic amines) is 1. The molecule has 0 bridgehead atoms. The third-order valence-corrected chi connectivity index (χ3v) is 3.59. The van der Waals surface area contributed by atoms with Crippen LogP contribution >= 0.6 is 0 Å². The monoisotopic (exact) mass is 274 g/mol. The van der Waals surface area contributed by atoms with Gasteiger partial charge in [0.05, 0.1) is 0 Å². The summed E-state index contributed by atoms with van der Waals surface area (Å²) in [6, 6.07) is 3.80. The zero-order valence-corrected chi connectivity index (χ0v) is 10.7. The number of pyridine rings is 1. The van der Waals surface area contributed by atoms with Gasteiger partial charge in [-0.05, 0) is 31.4 Å². The molecule has 19 heavy (non-hydrogen) atoms. The minimum atomic E-state index is -4.54.